The maximum absolute atomic E-state index is 12.1. The Hall–Kier alpha value is -2.53. The molecule has 6 heteroatoms. The van der Waals surface area contributed by atoms with E-state index in [1.165, 1.54) is 0 Å². The molecule has 0 unspecified atom stereocenters. The van der Waals surface area contributed by atoms with E-state index in [1.807, 2.05) is 18.2 Å². The predicted molar refractivity (Wildman–Crippen MR) is 85.5 cm³/mol. The van der Waals surface area contributed by atoms with Crippen molar-refractivity contribution in [2.45, 2.75) is 13.1 Å². The number of nitrogens with one attached hydrogen (secondary N) is 2. The number of hydrogen-bond acceptors (Lipinski definition) is 2. The van der Waals surface area contributed by atoms with E-state index >= 15 is 0 Å². The van der Waals surface area contributed by atoms with Crippen LogP contribution in [-0.4, -0.2) is 11.9 Å². The van der Waals surface area contributed by atoms with E-state index in [0.717, 1.165) is 11.1 Å². The Labute approximate surface area is 133 Å². The van der Waals surface area contributed by atoms with Gasteiger partial charge in [-0.25, -0.2) is 4.79 Å². The minimum atomic E-state index is -0.582. The van der Waals surface area contributed by atoms with Crippen LogP contribution in [0, 0.1) is 0 Å². The van der Waals surface area contributed by atoms with Crippen LogP contribution in [0.15, 0.2) is 48.5 Å². The highest BCUT2D eigenvalue weighted by molar-refractivity contribution is 6.31. The Bertz CT molecular complexity index is 671. The van der Waals surface area contributed by atoms with Crippen LogP contribution >= 0.6 is 11.6 Å². The van der Waals surface area contributed by atoms with Gasteiger partial charge >= 0.3 is 6.03 Å². The summed E-state index contributed by atoms with van der Waals surface area (Å²) in [6.07, 6.45) is 0. The quantitative estimate of drug-likeness (QED) is 0.791. The first kappa shape index (κ1) is 15.9. The van der Waals surface area contributed by atoms with Crippen molar-refractivity contribution in [1.29, 1.82) is 0 Å². The third-order valence-electron chi connectivity index (χ3n) is 3.08. The van der Waals surface area contributed by atoms with E-state index in [4.69, 9.17) is 17.3 Å². The molecule has 0 bridgehead atoms. The lowest BCUT2D eigenvalue weighted by molar-refractivity contribution is 0.0951. The van der Waals surface area contributed by atoms with Crippen molar-refractivity contribution in [1.82, 2.24) is 10.6 Å². The molecule has 0 saturated heterocycles. The fourth-order valence-corrected chi connectivity index (χ4v) is 2.09. The number of carbonyl (C=O) groups is 2. The van der Waals surface area contributed by atoms with Crippen molar-refractivity contribution >= 4 is 23.5 Å². The SMILES string of the molecule is NC(=O)NCc1ccc(C(=O)NCc2ccccc2Cl)cc1. The standard InChI is InChI=1S/C16H16ClN3O2/c17-14-4-2-1-3-13(14)10-19-15(21)12-7-5-11(6-8-12)9-20-16(18)22/h1-8H,9-10H2,(H,19,21)(H3,18,20,22). The second kappa shape index (κ2) is 7.47. The summed E-state index contributed by atoms with van der Waals surface area (Å²) in [4.78, 5) is 22.7. The Balaban J connectivity index is 1.92. The van der Waals surface area contributed by atoms with Crippen LogP contribution in [0.3, 0.4) is 0 Å². The summed E-state index contributed by atoms with van der Waals surface area (Å²) in [5.41, 5.74) is 7.26. The summed E-state index contributed by atoms with van der Waals surface area (Å²) < 4.78 is 0. The van der Waals surface area contributed by atoms with Gasteiger partial charge < -0.3 is 16.4 Å². The van der Waals surface area contributed by atoms with Gasteiger partial charge in [-0.2, -0.15) is 0 Å². The van der Waals surface area contributed by atoms with Gasteiger partial charge in [0.1, 0.15) is 0 Å². The average molecular weight is 318 g/mol. The first-order chi connectivity index (χ1) is 10.6. The topological polar surface area (TPSA) is 84.2 Å². The van der Waals surface area contributed by atoms with Crippen molar-refractivity contribution in [3.8, 4) is 0 Å². The number of primary amides is 1. The molecule has 0 aliphatic carbocycles. The molecule has 3 amide bonds. The van der Waals surface area contributed by atoms with Crippen molar-refractivity contribution < 1.29 is 9.59 Å². The molecule has 0 aliphatic heterocycles. The maximum Gasteiger partial charge on any atom is 0.312 e. The molecular formula is C16H16ClN3O2. The number of urea groups is 1. The highest BCUT2D eigenvalue weighted by Crippen LogP contribution is 2.14. The second-order valence-corrected chi connectivity index (χ2v) is 5.10. The molecule has 0 spiro atoms. The van der Waals surface area contributed by atoms with Gasteiger partial charge in [-0.3, -0.25) is 4.79 Å². The summed E-state index contributed by atoms with van der Waals surface area (Å²) >= 11 is 6.04. The summed E-state index contributed by atoms with van der Waals surface area (Å²) in [6.45, 7) is 0.695. The molecule has 2 rings (SSSR count). The molecule has 22 heavy (non-hydrogen) atoms. The molecule has 0 heterocycles. The molecule has 5 nitrogen and oxygen atoms in total. The highest BCUT2D eigenvalue weighted by atomic mass is 35.5. The maximum atomic E-state index is 12.1. The fourth-order valence-electron chi connectivity index (χ4n) is 1.88. The number of nitrogens with two attached hydrogens (primary N) is 1. The van der Waals surface area contributed by atoms with Crippen LogP contribution < -0.4 is 16.4 Å². The van der Waals surface area contributed by atoms with Crippen LogP contribution in [0.5, 0.6) is 0 Å². The first-order valence-corrected chi connectivity index (χ1v) is 7.08. The fraction of sp³-hybridized carbons (Fsp3) is 0.125. The van der Waals surface area contributed by atoms with E-state index < -0.39 is 6.03 Å². The number of halogens is 1. The summed E-state index contributed by atoms with van der Waals surface area (Å²) in [5.74, 6) is -0.186. The van der Waals surface area contributed by atoms with Crippen molar-refractivity contribution in [3.63, 3.8) is 0 Å². The average Bonchev–Trinajstić information content (AvgIpc) is 2.52. The first-order valence-electron chi connectivity index (χ1n) is 6.70. The number of hydrogen-bond donors (Lipinski definition) is 3. The molecule has 2 aromatic carbocycles. The zero-order valence-electron chi connectivity index (χ0n) is 11.8. The minimum Gasteiger partial charge on any atom is -0.352 e. The normalized spacial score (nSPS) is 10.0. The Morgan fingerprint density at radius 3 is 2.27 bits per heavy atom. The van der Waals surface area contributed by atoms with E-state index in [2.05, 4.69) is 10.6 Å². The number of amides is 3. The van der Waals surface area contributed by atoms with Gasteiger partial charge in [-0.1, -0.05) is 41.9 Å². The van der Waals surface area contributed by atoms with Crippen LogP contribution in [0.1, 0.15) is 21.5 Å². The molecule has 0 saturated carbocycles. The molecule has 0 fully saturated rings. The lowest BCUT2D eigenvalue weighted by atomic mass is 10.1. The second-order valence-electron chi connectivity index (χ2n) is 4.69. The molecule has 0 aliphatic rings. The monoisotopic (exact) mass is 317 g/mol. The molecular weight excluding hydrogens is 302 g/mol. The van der Waals surface area contributed by atoms with Gasteiger partial charge in [0.05, 0.1) is 0 Å². The van der Waals surface area contributed by atoms with E-state index in [0.29, 0.717) is 23.7 Å². The Morgan fingerprint density at radius 1 is 0.955 bits per heavy atom. The van der Waals surface area contributed by atoms with Crippen molar-refractivity contribution in [3.05, 3.63) is 70.2 Å². The number of benzene rings is 2. The Kier molecular flexibility index (Phi) is 5.38. The van der Waals surface area contributed by atoms with E-state index in [9.17, 15) is 9.59 Å². The Morgan fingerprint density at radius 2 is 1.64 bits per heavy atom. The molecule has 0 atom stereocenters. The molecule has 2 aromatic rings. The van der Waals surface area contributed by atoms with Crippen molar-refractivity contribution in [2.75, 3.05) is 0 Å². The van der Waals surface area contributed by atoms with Crippen LogP contribution in [0.2, 0.25) is 5.02 Å². The number of rotatable bonds is 5. The minimum absolute atomic E-state index is 0.186. The molecule has 0 aromatic heterocycles. The van der Waals surface area contributed by atoms with Gasteiger partial charge in [-0.15, -0.1) is 0 Å². The smallest absolute Gasteiger partial charge is 0.312 e. The van der Waals surface area contributed by atoms with Crippen LogP contribution in [0.4, 0.5) is 4.79 Å². The van der Waals surface area contributed by atoms with Gasteiger partial charge in [0.25, 0.3) is 5.91 Å². The third-order valence-corrected chi connectivity index (χ3v) is 3.45. The zero-order chi connectivity index (χ0) is 15.9. The van der Waals surface area contributed by atoms with Crippen LogP contribution in [-0.2, 0) is 13.1 Å². The highest BCUT2D eigenvalue weighted by Gasteiger charge is 2.06. The molecule has 0 radical (unpaired) electrons. The van der Waals surface area contributed by atoms with E-state index in [-0.39, 0.29) is 5.91 Å². The summed E-state index contributed by atoms with van der Waals surface area (Å²) in [6, 6.07) is 13.7. The summed E-state index contributed by atoms with van der Waals surface area (Å²) in [5, 5.41) is 5.92. The van der Waals surface area contributed by atoms with Gasteiger partial charge in [-0.05, 0) is 29.3 Å². The zero-order valence-corrected chi connectivity index (χ0v) is 12.6. The molecule has 114 valence electrons. The molecule has 4 N–H and O–H groups in total. The number of carbonyl (C=O) groups excluding carboxylic acids is 2. The predicted octanol–water partition coefficient (Wildman–Crippen LogP) is 2.44. The van der Waals surface area contributed by atoms with Gasteiger partial charge in [0, 0.05) is 23.7 Å². The lowest BCUT2D eigenvalue weighted by Gasteiger charge is -2.08. The summed E-state index contributed by atoms with van der Waals surface area (Å²) in [7, 11) is 0. The largest absolute Gasteiger partial charge is 0.352 e. The van der Waals surface area contributed by atoms with Gasteiger partial charge in [0.2, 0.25) is 0 Å². The van der Waals surface area contributed by atoms with Gasteiger partial charge in [0.15, 0.2) is 0 Å². The lowest BCUT2D eigenvalue weighted by Crippen LogP contribution is -2.28. The van der Waals surface area contributed by atoms with Crippen molar-refractivity contribution in [2.24, 2.45) is 5.73 Å². The van der Waals surface area contributed by atoms with Crippen LogP contribution in [0.25, 0.3) is 0 Å². The van der Waals surface area contributed by atoms with E-state index in [1.54, 1.807) is 30.3 Å². The third kappa shape index (κ3) is 4.49.